The molecular formula is C8H17N3O. The van der Waals surface area contributed by atoms with E-state index in [1.807, 2.05) is 0 Å². The molecule has 1 saturated heterocycles. The number of urea groups is 1. The number of rotatable bonds is 3. The smallest absolute Gasteiger partial charge is 0.314 e. The molecule has 0 bridgehead atoms. The maximum atomic E-state index is 10.6. The van der Waals surface area contributed by atoms with Gasteiger partial charge in [-0.15, -0.1) is 0 Å². The van der Waals surface area contributed by atoms with Crippen molar-refractivity contribution < 1.29 is 4.79 Å². The Labute approximate surface area is 72.9 Å². The van der Waals surface area contributed by atoms with Gasteiger partial charge in [-0.25, -0.2) is 4.79 Å². The molecule has 1 aliphatic heterocycles. The summed E-state index contributed by atoms with van der Waals surface area (Å²) in [6.07, 6.45) is 1.11. The Bertz CT molecular complexity index is 166. The summed E-state index contributed by atoms with van der Waals surface area (Å²) < 4.78 is 0. The van der Waals surface area contributed by atoms with Crippen LogP contribution >= 0.6 is 0 Å². The Balaban J connectivity index is 2.13. The molecule has 0 radical (unpaired) electrons. The highest BCUT2D eigenvalue weighted by molar-refractivity contribution is 5.72. The van der Waals surface area contributed by atoms with E-state index in [1.54, 1.807) is 4.90 Å². The standard InChI is InChI=1S/C8H17N3O/c1-6(3-9)2-7-4-11(5-7)8(10)12/h6-7H,2-5,9H2,1H3,(H2,10,12). The maximum Gasteiger partial charge on any atom is 0.314 e. The minimum absolute atomic E-state index is 0.299. The topological polar surface area (TPSA) is 72.3 Å². The molecule has 1 aliphatic rings. The average molecular weight is 171 g/mol. The molecule has 1 fully saturated rings. The lowest BCUT2D eigenvalue weighted by molar-refractivity contribution is 0.113. The molecule has 0 aromatic rings. The van der Waals surface area contributed by atoms with Crippen LogP contribution in [0, 0.1) is 11.8 Å². The van der Waals surface area contributed by atoms with Gasteiger partial charge in [0.15, 0.2) is 0 Å². The van der Waals surface area contributed by atoms with Gasteiger partial charge in [0.2, 0.25) is 0 Å². The highest BCUT2D eigenvalue weighted by Gasteiger charge is 2.29. The highest BCUT2D eigenvalue weighted by Crippen LogP contribution is 2.21. The highest BCUT2D eigenvalue weighted by atomic mass is 16.2. The minimum Gasteiger partial charge on any atom is -0.351 e. The molecule has 4 nitrogen and oxygen atoms in total. The zero-order valence-electron chi connectivity index (χ0n) is 7.49. The Morgan fingerprint density at radius 1 is 1.67 bits per heavy atom. The molecule has 0 aliphatic carbocycles. The van der Waals surface area contributed by atoms with Gasteiger partial charge in [-0.05, 0) is 24.8 Å². The molecular weight excluding hydrogens is 154 g/mol. The fourth-order valence-electron chi connectivity index (χ4n) is 1.56. The first-order chi connectivity index (χ1) is 5.63. The van der Waals surface area contributed by atoms with Crippen LogP contribution in [0.1, 0.15) is 13.3 Å². The molecule has 0 aromatic heterocycles. The Morgan fingerprint density at radius 2 is 2.25 bits per heavy atom. The van der Waals surface area contributed by atoms with E-state index in [1.165, 1.54) is 0 Å². The van der Waals surface area contributed by atoms with E-state index in [0.29, 0.717) is 11.8 Å². The van der Waals surface area contributed by atoms with Gasteiger partial charge >= 0.3 is 6.03 Å². The van der Waals surface area contributed by atoms with Gasteiger partial charge in [-0.3, -0.25) is 0 Å². The number of hydrogen-bond acceptors (Lipinski definition) is 2. The van der Waals surface area contributed by atoms with Crippen LogP contribution in [0.3, 0.4) is 0 Å². The van der Waals surface area contributed by atoms with E-state index in [2.05, 4.69) is 6.92 Å². The van der Waals surface area contributed by atoms with Crippen LogP contribution in [0.4, 0.5) is 4.79 Å². The van der Waals surface area contributed by atoms with Crippen LogP contribution < -0.4 is 11.5 Å². The summed E-state index contributed by atoms with van der Waals surface area (Å²) in [6, 6.07) is -0.299. The van der Waals surface area contributed by atoms with Gasteiger partial charge in [0.25, 0.3) is 0 Å². The van der Waals surface area contributed by atoms with Crippen molar-refractivity contribution in [3.05, 3.63) is 0 Å². The van der Waals surface area contributed by atoms with Crippen molar-refractivity contribution in [1.29, 1.82) is 0 Å². The number of amides is 2. The second kappa shape index (κ2) is 3.76. The van der Waals surface area contributed by atoms with E-state index in [9.17, 15) is 4.79 Å². The van der Waals surface area contributed by atoms with Crippen LogP contribution in [-0.2, 0) is 0 Å². The van der Waals surface area contributed by atoms with Gasteiger partial charge in [0.1, 0.15) is 0 Å². The van der Waals surface area contributed by atoms with Crippen molar-refractivity contribution in [1.82, 2.24) is 4.90 Å². The first kappa shape index (κ1) is 9.32. The zero-order valence-corrected chi connectivity index (χ0v) is 7.49. The Morgan fingerprint density at radius 3 is 2.67 bits per heavy atom. The molecule has 2 amide bonds. The number of hydrogen-bond donors (Lipinski definition) is 2. The summed E-state index contributed by atoms with van der Waals surface area (Å²) in [7, 11) is 0. The van der Waals surface area contributed by atoms with Crippen LogP contribution in [-0.4, -0.2) is 30.6 Å². The van der Waals surface area contributed by atoms with Crippen molar-refractivity contribution >= 4 is 6.03 Å². The average Bonchev–Trinajstić information content (AvgIpc) is 1.94. The van der Waals surface area contributed by atoms with Crippen molar-refractivity contribution in [3.8, 4) is 0 Å². The lowest BCUT2D eigenvalue weighted by Crippen LogP contribution is -2.52. The number of likely N-dealkylation sites (tertiary alicyclic amines) is 1. The van der Waals surface area contributed by atoms with E-state index in [0.717, 1.165) is 26.1 Å². The van der Waals surface area contributed by atoms with Gasteiger partial charge < -0.3 is 16.4 Å². The van der Waals surface area contributed by atoms with Gasteiger partial charge in [0, 0.05) is 13.1 Å². The van der Waals surface area contributed by atoms with Crippen LogP contribution in [0.2, 0.25) is 0 Å². The quantitative estimate of drug-likeness (QED) is 0.626. The van der Waals surface area contributed by atoms with Crippen LogP contribution in [0.5, 0.6) is 0 Å². The molecule has 0 spiro atoms. The number of nitrogens with two attached hydrogens (primary N) is 2. The normalized spacial score (nSPS) is 20.3. The number of carbonyl (C=O) groups excluding carboxylic acids is 1. The van der Waals surface area contributed by atoms with Gasteiger partial charge in [0.05, 0.1) is 0 Å². The Kier molecular flexibility index (Phi) is 2.92. The predicted molar refractivity (Wildman–Crippen MR) is 47.5 cm³/mol. The van der Waals surface area contributed by atoms with Gasteiger partial charge in [-0.1, -0.05) is 6.92 Å². The molecule has 4 N–H and O–H groups in total. The summed E-state index contributed by atoms with van der Waals surface area (Å²) >= 11 is 0. The first-order valence-corrected chi connectivity index (χ1v) is 4.38. The molecule has 0 aromatic carbocycles. The molecule has 12 heavy (non-hydrogen) atoms. The van der Waals surface area contributed by atoms with Crippen LogP contribution in [0.15, 0.2) is 0 Å². The summed E-state index contributed by atoms with van der Waals surface area (Å²) in [5.41, 5.74) is 10.6. The molecule has 1 atom stereocenters. The summed E-state index contributed by atoms with van der Waals surface area (Å²) in [4.78, 5) is 12.3. The van der Waals surface area contributed by atoms with Crippen molar-refractivity contribution in [3.63, 3.8) is 0 Å². The summed E-state index contributed by atoms with van der Waals surface area (Å²) in [5, 5.41) is 0. The molecule has 1 rings (SSSR count). The van der Waals surface area contributed by atoms with Gasteiger partial charge in [-0.2, -0.15) is 0 Å². The third-order valence-electron chi connectivity index (χ3n) is 2.41. The first-order valence-electron chi connectivity index (χ1n) is 4.38. The number of nitrogens with zero attached hydrogens (tertiary/aromatic N) is 1. The largest absolute Gasteiger partial charge is 0.351 e. The molecule has 0 saturated carbocycles. The molecule has 70 valence electrons. The molecule has 1 heterocycles. The Hall–Kier alpha value is -0.770. The monoisotopic (exact) mass is 171 g/mol. The lowest BCUT2D eigenvalue weighted by Gasteiger charge is -2.39. The maximum absolute atomic E-state index is 10.6. The van der Waals surface area contributed by atoms with E-state index >= 15 is 0 Å². The SMILES string of the molecule is CC(CN)CC1CN(C(N)=O)C1. The summed E-state index contributed by atoms with van der Waals surface area (Å²) in [5.74, 6) is 1.18. The zero-order chi connectivity index (χ0) is 9.14. The van der Waals surface area contributed by atoms with Crippen molar-refractivity contribution in [2.45, 2.75) is 13.3 Å². The second-order valence-electron chi connectivity index (χ2n) is 3.69. The molecule has 4 heteroatoms. The fraction of sp³-hybridized carbons (Fsp3) is 0.875. The third kappa shape index (κ3) is 2.11. The molecule has 1 unspecified atom stereocenters. The number of primary amides is 1. The lowest BCUT2D eigenvalue weighted by atomic mass is 9.90. The van der Waals surface area contributed by atoms with E-state index < -0.39 is 0 Å². The third-order valence-corrected chi connectivity index (χ3v) is 2.41. The fourth-order valence-corrected chi connectivity index (χ4v) is 1.56. The predicted octanol–water partition coefficient (Wildman–Crippen LogP) is -0.0182. The minimum atomic E-state index is -0.299. The van der Waals surface area contributed by atoms with E-state index in [-0.39, 0.29) is 6.03 Å². The van der Waals surface area contributed by atoms with E-state index in [4.69, 9.17) is 11.5 Å². The summed E-state index contributed by atoms with van der Waals surface area (Å²) in [6.45, 7) is 4.50. The van der Waals surface area contributed by atoms with Crippen molar-refractivity contribution in [2.75, 3.05) is 19.6 Å². The van der Waals surface area contributed by atoms with Crippen LogP contribution in [0.25, 0.3) is 0 Å². The number of carbonyl (C=O) groups is 1. The second-order valence-corrected chi connectivity index (χ2v) is 3.69. The van der Waals surface area contributed by atoms with Crippen molar-refractivity contribution in [2.24, 2.45) is 23.3 Å².